The maximum atomic E-state index is 10.8. The molecule has 86 valence electrons. The lowest BCUT2D eigenvalue weighted by Crippen LogP contribution is -1.96. The summed E-state index contributed by atoms with van der Waals surface area (Å²) >= 11 is 0. The van der Waals surface area contributed by atoms with Crippen molar-refractivity contribution in [3.05, 3.63) is 56.8 Å². The van der Waals surface area contributed by atoms with Crippen molar-refractivity contribution in [1.29, 1.82) is 0 Å². The summed E-state index contributed by atoms with van der Waals surface area (Å²) in [6.07, 6.45) is 1.30. The second kappa shape index (κ2) is 4.05. The minimum atomic E-state index is -0.676. The van der Waals surface area contributed by atoms with Crippen LogP contribution in [0.1, 0.15) is 0 Å². The molecule has 0 saturated heterocycles. The third-order valence-corrected chi connectivity index (χ3v) is 2.18. The van der Waals surface area contributed by atoms with Crippen molar-refractivity contribution in [3.8, 4) is 11.3 Å². The molecule has 0 amide bonds. The number of hydrogen-bond donors (Lipinski definition) is 0. The molecule has 0 bridgehead atoms. The molecule has 1 heterocycles. The van der Waals surface area contributed by atoms with E-state index >= 15 is 0 Å². The number of benzene rings is 1. The van der Waals surface area contributed by atoms with E-state index in [1.165, 1.54) is 36.6 Å². The summed E-state index contributed by atoms with van der Waals surface area (Å²) in [5.74, 6) is 0.101. The van der Waals surface area contributed by atoms with Crippen LogP contribution in [0.5, 0.6) is 0 Å². The van der Waals surface area contributed by atoms with E-state index in [-0.39, 0.29) is 22.7 Å². The van der Waals surface area contributed by atoms with Gasteiger partial charge in [-0.25, -0.2) is 0 Å². The Hall–Kier alpha value is -2.70. The van der Waals surface area contributed by atoms with E-state index in [0.29, 0.717) is 0 Å². The van der Waals surface area contributed by atoms with Crippen molar-refractivity contribution in [3.63, 3.8) is 0 Å². The van der Waals surface area contributed by atoms with Crippen LogP contribution in [0.2, 0.25) is 0 Å². The molecule has 7 nitrogen and oxygen atoms in total. The molecule has 0 aliphatic heterocycles. The fourth-order valence-electron chi connectivity index (χ4n) is 1.51. The van der Waals surface area contributed by atoms with E-state index in [1.54, 1.807) is 0 Å². The Bertz CT molecular complexity index is 544. The second-order valence-electron chi connectivity index (χ2n) is 3.16. The molecule has 0 fully saturated rings. The van der Waals surface area contributed by atoms with Gasteiger partial charge in [0.15, 0.2) is 5.56 Å². The van der Waals surface area contributed by atoms with Gasteiger partial charge in [-0.3, -0.25) is 20.2 Å². The van der Waals surface area contributed by atoms with Crippen LogP contribution >= 0.6 is 0 Å². The molecule has 1 aromatic carbocycles. The fraction of sp³-hybridized carbons (Fsp3) is 0. The number of nitrogens with zero attached hydrogens (tertiary/aromatic N) is 2. The van der Waals surface area contributed by atoms with Crippen LogP contribution < -0.4 is 0 Å². The Labute approximate surface area is 94.6 Å². The number of hydrogen-bond acceptors (Lipinski definition) is 5. The molecule has 0 unspecified atom stereocenters. The summed E-state index contributed by atoms with van der Waals surface area (Å²) in [4.78, 5) is 20.3. The Morgan fingerprint density at radius 1 is 0.941 bits per heavy atom. The summed E-state index contributed by atoms with van der Waals surface area (Å²) in [6.45, 7) is 0. The maximum Gasteiger partial charge on any atom is 0.287 e. The highest BCUT2D eigenvalue weighted by atomic mass is 16.6. The van der Waals surface area contributed by atoms with Gasteiger partial charge in [0.1, 0.15) is 5.76 Å². The molecule has 0 radical (unpaired) electrons. The van der Waals surface area contributed by atoms with Gasteiger partial charge in [0.25, 0.3) is 11.4 Å². The first kappa shape index (κ1) is 10.8. The van der Waals surface area contributed by atoms with E-state index in [1.807, 2.05) is 0 Å². The maximum absolute atomic E-state index is 10.8. The lowest BCUT2D eigenvalue weighted by molar-refractivity contribution is -0.392. The average molecular weight is 234 g/mol. The zero-order valence-corrected chi connectivity index (χ0v) is 8.40. The predicted octanol–water partition coefficient (Wildman–Crippen LogP) is 2.76. The smallest absolute Gasteiger partial charge is 0.287 e. The summed E-state index contributed by atoms with van der Waals surface area (Å²) in [6, 6.07) is 6.61. The molecule has 0 aliphatic rings. The van der Waals surface area contributed by atoms with Crippen LogP contribution in [-0.2, 0) is 0 Å². The van der Waals surface area contributed by atoms with Crippen LogP contribution in [-0.4, -0.2) is 9.85 Å². The highest BCUT2D eigenvalue weighted by Gasteiger charge is 2.27. The molecule has 0 N–H and O–H groups in total. The topological polar surface area (TPSA) is 99.4 Å². The van der Waals surface area contributed by atoms with Crippen molar-refractivity contribution >= 4 is 11.4 Å². The van der Waals surface area contributed by atoms with Gasteiger partial charge in [0.05, 0.1) is 16.1 Å². The van der Waals surface area contributed by atoms with Gasteiger partial charge >= 0.3 is 0 Å². The highest BCUT2D eigenvalue weighted by Crippen LogP contribution is 2.37. The van der Waals surface area contributed by atoms with Gasteiger partial charge < -0.3 is 4.42 Å². The van der Waals surface area contributed by atoms with Crippen LogP contribution in [0.3, 0.4) is 0 Å². The van der Waals surface area contributed by atoms with Gasteiger partial charge in [0, 0.05) is 12.1 Å². The SMILES string of the molecule is O=[N+]([O-])c1cccc([N+](=O)[O-])c1-c1ccco1. The molecule has 0 aliphatic carbocycles. The third kappa shape index (κ3) is 1.85. The predicted molar refractivity (Wildman–Crippen MR) is 57.5 cm³/mol. The number of nitro groups is 2. The van der Waals surface area contributed by atoms with Crippen molar-refractivity contribution in [2.24, 2.45) is 0 Å². The average Bonchev–Trinajstić information content (AvgIpc) is 2.80. The molecular formula is C10H6N2O5. The largest absolute Gasteiger partial charge is 0.464 e. The quantitative estimate of drug-likeness (QED) is 0.600. The minimum absolute atomic E-state index is 0.101. The van der Waals surface area contributed by atoms with Crippen LogP contribution in [0.25, 0.3) is 11.3 Å². The van der Waals surface area contributed by atoms with E-state index in [9.17, 15) is 20.2 Å². The minimum Gasteiger partial charge on any atom is -0.464 e. The first-order valence-corrected chi connectivity index (χ1v) is 4.57. The second-order valence-corrected chi connectivity index (χ2v) is 3.16. The van der Waals surface area contributed by atoms with Gasteiger partial charge in [-0.05, 0) is 18.2 Å². The number of rotatable bonds is 3. The number of nitro benzene ring substituents is 2. The van der Waals surface area contributed by atoms with Gasteiger partial charge in [-0.2, -0.15) is 0 Å². The molecule has 2 aromatic rings. The zero-order valence-electron chi connectivity index (χ0n) is 8.40. The molecule has 2 rings (SSSR count). The van der Waals surface area contributed by atoms with Gasteiger partial charge in [0.2, 0.25) is 0 Å². The van der Waals surface area contributed by atoms with Crippen LogP contribution in [0.4, 0.5) is 11.4 Å². The molecule has 7 heteroatoms. The van der Waals surface area contributed by atoms with E-state index in [2.05, 4.69) is 0 Å². The van der Waals surface area contributed by atoms with Gasteiger partial charge in [-0.15, -0.1) is 0 Å². The molecule has 0 atom stereocenters. The van der Waals surface area contributed by atoms with E-state index in [4.69, 9.17) is 4.42 Å². The molecule has 1 aromatic heterocycles. The Kier molecular flexibility index (Phi) is 2.57. The van der Waals surface area contributed by atoms with Crippen molar-refractivity contribution < 1.29 is 14.3 Å². The van der Waals surface area contributed by atoms with Crippen LogP contribution in [0.15, 0.2) is 41.0 Å². The molecular weight excluding hydrogens is 228 g/mol. The third-order valence-electron chi connectivity index (χ3n) is 2.18. The Balaban J connectivity index is 2.76. The Morgan fingerprint density at radius 3 is 1.94 bits per heavy atom. The summed E-state index contributed by atoms with van der Waals surface area (Å²) in [5.41, 5.74) is -0.823. The molecule has 0 spiro atoms. The van der Waals surface area contributed by atoms with Crippen LogP contribution in [0, 0.1) is 20.2 Å². The van der Waals surface area contributed by atoms with E-state index in [0.717, 1.165) is 0 Å². The summed E-state index contributed by atoms with van der Waals surface area (Å²) < 4.78 is 4.99. The fourth-order valence-corrected chi connectivity index (χ4v) is 1.51. The monoisotopic (exact) mass is 234 g/mol. The van der Waals surface area contributed by atoms with E-state index < -0.39 is 9.85 Å². The normalized spacial score (nSPS) is 10.1. The standard InChI is InChI=1S/C10H6N2O5/c13-11(14)7-3-1-4-8(12(15)16)10(7)9-5-2-6-17-9/h1-6H. The summed E-state index contributed by atoms with van der Waals surface area (Å²) in [7, 11) is 0. The van der Waals surface area contributed by atoms with Crippen molar-refractivity contribution in [1.82, 2.24) is 0 Å². The highest BCUT2D eigenvalue weighted by molar-refractivity contribution is 5.78. The lowest BCUT2D eigenvalue weighted by Gasteiger charge is -2.00. The van der Waals surface area contributed by atoms with Crippen molar-refractivity contribution in [2.75, 3.05) is 0 Å². The lowest BCUT2D eigenvalue weighted by atomic mass is 10.1. The first-order chi connectivity index (χ1) is 8.11. The zero-order chi connectivity index (χ0) is 12.4. The first-order valence-electron chi connectivity index (χ1n) is 4.57. The molecule has 17 heavy (non-hydrogen) atoms. The molecule has 0 saturated carbocycles. The number of furan rings is 1. The van der Waals surface area contributed by atoms with Gasteiger partial charge in [-0.1, -0.05) is 0 Å². The Morgan fingerprint density at radius 2 is 1.53 bits per heavy atom. The summed E-state index contributed by atoms with van der Waals surface area (Å²) in [5, 5.41) is 21.7. The van der Waals surface area contributed by atoms with Crippen molar-refractivity contribution in [2.45, 2.75) is 0 Å².